The molecule has 1 amide bonds. The molecule has 0 atom stereocenters. The van der Waals surface area contributed by atoms with Gasteiger partial charge in [-0.1, -0.05) is 23.4 Å². The summed E-state index contributed by atoms with van der Waals surface area (Å²) >= 11 is 0. The van der Waals surface area contributed by atoms with Crippen molar-refractivity contribution >= 4 is 22.8 Å². The second-order valence-corrected chi connectivity index (χ2v) is 5.34. The Morgan fingerprint density at radius 1 is 1.15 bits per heavy atom. The maximum atomic E-state index is 12.3. The molecule has 0 aliphatic rings. The number of amides is 1. The Kier molecular flexibility index (Phi) is 3.90. The number of benzene rings is 1. The summed E-state index contributed by atoms with van der Waals surface area (Å²) < 4.78 is 0.990. The van der Waals surface area contributed by atoms with Crippen LogP contribution < -0.4 is 10.9 Å². The normalized spacial score (nSPS) is 10.8. The first-order valence-electron chi connectivity index (χ1n) is 7.67. The third-order valence-electron chi connectivity index (χ3n) is 3.57. The Balaban J connectivity index is 1.51. The van der Waals surface area contributed by atoms with Gasteiger partial charge in [0.2, 0.25) is 11.9 Å². The zero-order chi connectivity index (χ0) is 17.9. The molecule has 4 rings (SSSR count). The number of carbonyl (C=O) groups excluding carboxylic acids is 1. The molecule has 0 unspecified atom stereocenters. The highest BCUT2D eigenvalue weighted by Gasteiger charge is 2.12. The molecule has 0 aliphatic heterocycles. The number of fused-ring (bicyclic) bond motifs is 1. The Labute approximate surface area is 145 Å². The van der Waals surface area contributed by atoms with Crippen LogP contribution in [0, 0.1) is 0 Å². The Morgan fingerprint density at radius 2 is 2.00 bits per heavy atom. The maximum absolute atomic E-state index is 12.3. The lowest BCUT2D eigenvalue weighted by molar-refractivity contribution is -0.117. The molecular formula is C16H12N8O2. The van der Waals surface area contributed by atoms with E-state index in [4.69, 9.17) is 0 Å². The van der Waals surface area contributed by atoms with Crippen LogP contribution in [0.4, 0.5) is 5.95 Å². The average molecular weight is 348 g/mol. The van der Waals surface area contributed by atoms with Crippen LogP contribution in [0.15, 0.2) is 53.5 Å². The van der Waals surface area contributed by atoms with Crippen molar-refractivity contribution < 1.29 is 4.79 Å². The van der Waals surface area contributed by atoms with Gasteiger partial charge < -0.3 is 0 Å². The minimum atomic E-state index is -0.497. The molecule has 4 aromatic rings. The third-order valence-corrected chi connectivity index (χ3v) is 3.57. The standard InChI is InChI=1S/C16H12N8O2/c25-13(9-24-15(26)10-5-1-2-6-11(10)20-23-24)18-16-19-14(21-22-16)12-7-3-4-8-17-12/h1-8H,9H2,(H2,18,19,21,22,25). The van der Waals surface area contributed by atoms with Crippen LogP contribution in [-0.4, -0.2) is 41.1 Å². The predicted molar refractivity (Wildman–Crippen MR) is 92.0 cm³/mol. The number of hydrogen-bond donors (Lipinski definition) is 2. The number of nitrogens with zero attached hydrogens (tertiary/aromatic N) is 6. The van der Waals surface area contributed by atoms with Gasteiger partial charge in [0, 0.05) is 6.20 Å². The smallest absolute Gasteiger partial charge is 0.278 e. The van der Waals surface area contributed by atoms with Crippen molar-refractivity contribution in [1.29, 1.82) is 0 Å². The monoisotopic (exact) mass is 348 g/mol. The molecule has 0 fully saturated rings. The summed E-state index contributed by atoms with van der Waals surface area (Å²) in [6.45, 7) is -0.301. The summed E-state index contributed by atoms with van der Waals surface area (Å²) in [6, 6.07) is 12.2. The molecule has 2 N–H and O–H groups in total. The van der Waals surface area contributed by atoms with Crippen LogP contribution in [0.2, 0.25) is 0 Å². The second kappa shape index (κ2) is 6.51. The molecule has 10 heteroatoms. The van der Waals surface area contributed by atoms with Crippen LogP contribution in [-0.2, 0) is 11.3 Å². The minimum absolute atomic E-state index is 0.0810. The third kappa shape index (κ3) is 3.02. The van der Waals surface area contributed by atoms with Gasteiger partial charge in [-0.15, -0.1) is 10.2 Å². The number of carbonyl (C=O) groups is 1. The van der Waals surface area contributed by atoms with E-state index in [0.717, 1.165) is 4.68 Å². The molecule has 1 aromatic carbocycles. The van der Waals surface area contributed by atoms with Gasteiger partial charge in [-0.25, -0.2) is 4.68 Å². The van der Waals surface area contributed by atoms with Gasteiger partial charge >= 0.3 is 0 Å². The molecule has 0 spiro atoms. The number of nitrogens with one attached hydrogen (secondary N) is 2. The predicted octanol–water partition coefficient (Wildman–Crippen LogP) is 0.610. The molecule has 0 saturated carbocycles. The number of rotatable bonds is 4. The largest absolute Gasteiger partial charge is 0.292 e. The van der Waals surface area contributed by atoms with E-state index < -0.39 is 11.5 Å². The topological polar surface area (TPSA) is 131 Å². The fourth-order valence-corrected chi connectivity index (χ4v) is 2.36. The van der Waals surface area contributed by atoms with Crippen LogP contribution in [0.1, 0.15) is 0 Å². The van der Waals surface area contributed by atoms with Crippen LogP contribution in [0.5, 0.6) is 0 Å². The molecule has 0 bridgehead atoms. The van der Waals surface area contributed by atoms with Crippen molar-refractivity contribution in [2.45, 2.75) is 6.54 Å². The van der Waals surface area contributed by atoms with E-state index in [0.29, 0.717) is 22.4 Å². The fourth-order valence-electron chi connectivity index (χ4n) is 2.36. The lowest BCUT2D eigenvalue weighted by atomic mass is 10.2. The first-order chi connectivity index (χ1) is 12.7. The number of H-pyrrole nitrogens is 1. The number of aromatic nitrogens is 7. The fraction of sp³-hybridized carbons (Fsp3) is 0.0625. The Morgan fingerprint density at radius 3 is 2.85 bits per heavy atom. The Hall–Kier alpha value is -3.95. The number of aromatic amines is 1. The van der Waals surface area contributed by atoms with Gasteiger partial charge in [-0.3, -0.25) is 25.0 Å². The summed E-state index contributed by atoms with van der Waals surface area (Å²) in [7, 11) is 0. The van der Waals surface area contributed by atoms with Crippen molar-refractivity contribution in [2.24, 2.45) is 0 Å². The molecule has 0 radical (unpaired) electrons. The lowest BCUT2D eigenvalue weighted by Crippen LogP contribution is -2.30. The van der Waals surface area contributed by atoms with Gasteiger partial charge in [-0.05, 0) is 24.3 Å². The molecule has 0 saturated heterocycles. The zero-order valence-electron chi connectivity index (χ0n) is 13.3. The first-order valence-corrected chi connectivity index (χ1v) is 7.67. The number of hydrogen-bond acceptors (Lipinski definition) is 7. The van der Waals surface area contributed by atoms with Crippen molar-refractivity contribution in [3.63, 3.8) is 0 Å². The van der Waals surface area contributed by atoms with E-state index in [2.05, 4.69) is 35.8 Å². The van der Waals surface area contributed by atoms with Crippen molar-refractivity contribution in [1.82, 2.24) is 35.2 Å². The van der Waals surface area contributed by atoms with Crippen molar-refractivity contribution in [2.75, 3.05) is 5.32 Å². The molecule has 128 valence electrons. The number of anilines is 1. The molecular weight excluding hydrogens is 336 g/mol. The summed E-state index contributed by atoms with van der Waals surface area (Å²) in [5.74, 6) is 0.00395. The second-order valence-electron chi connectivity index (χ2n) is 5.34. The SMILES string of the molecule is O=C(Cn1nnc2ccccc2c1=O)Nc1n[nH]c(-c2ccccn2)n1. The van der Waals surface area contributed by atoms with Crippen molar-refractivity contribution in [3.8, 4) is 11.5 Å². The van der Waals surface area contributed by atoms with E-state index in [9.17, 15) is 9.59 Å². The van der Waals surface area contributed by atoms with Crippen molar-refractivity contribution in [3.05, 3.63) is 59.0 Å². The zero-order valence-corrected chi connectivity index (χ0v) is 13.3. The van der Waals surface area contributed by atoms with Gasteiger partial charge in [0.05, 0.1) is 5.39 Å². The van der Waals surface area contributed by atoms with E-state index in [-0.39, 0.29) is 12.5 Å². The van der Waals surface area contributed by atoms with Gasteiger partial charge in [-0.2, -0.15) is 4.98 Å². The number of pyridine rings is 1. The summed E-state index contributed by atoms with van der Waals surface area (Å²) in [4.78, 5) is 32.8. The highest BCUT2D eigenvalue weighted by molar-refractivity contribution is 5.89. The maximum Gasteiger partial charge on any atom is 0.278 e. The molecule has 10 nitrogen and oxygen atoms in total. The van der Waals surface area contributed by atoms with E-state index in [1.165, 1.54) is 0 Å². The molecule has 26 heavy (non-hydrogen) atoms. The highest BCUT2D eigenvalue weighted by atomic mass is 16.2. The molecule has 3 aromatic heterocycles. The average Bonchev–Trinajstić information content (AvgIpc) is 3.13. The van der Waals surface area contributed by atoms with Gasteiger partial charge in [0.1, 0.15) is 17.8 Å². The first kappa shape index (κ1) is 15.6. The molecule has 3 heterocycles. The van der Waals surface area contributed by atoms with Crippen LogP contribution >= 0.6 is 0 Å². The summed E-state index contributed by atoms with van der Waals surface area (Å²) in [5.41, 5.74) is 0.676. The summed E-state index contributed by atoms with van der Waals surface area (Å²) in [5, 5.41) is 17.2. The van der Waals surface area contributed by atoms with E-state index in [1.54, 1.807) is 42.6 Å². The van der Waals surface area contributed by atoms with Gasteiger partial charge in [0.25, 0.3) is 5.56 Å². The quantitative estimate of drug-likeness (QED) is 0.552. The van der Waals surface area contributed by atoms with E-state index in [1.807, 2.05) is 6.07 Å². The summed E-state index contributed by atoms with van der Waals surface area (Å²) in [6.07, 6.45) is 1.63. The van der Waals surface area contributed by atoms with Crippen LogP contribution in [0.3, 0.4) is 0 Å². The van der Waals surface area contributed by atoms with E-state index >= 15 is 0 Å². The Bertz CT molecular complexity index is 1140. The lowest BCUT2D eigenvalue weighted by Gasteiger charge is -2.04. The highest BCUT2D eigenvalue weighted by Crippen LogP contribution is 2.12. The van der Waals surface area contributed by atoms with Gasteiger partial charge in [0.15, 0.2) is 5.82 Å². The minimum Gasteiger partial charge on any atom is -0.292 e. The van der Waals surface area contributed by atoms with Crippen LogP contribution in [0.25, 0.3) is 22.4 Å². The molecule has 0 aliphatic carbocycles.